The molecule has 0 atom stereocenters. The Labute approximate surface area is 150 Å². The number of nitrogens with one attached hydrogen (secondary N) is 1. The van der Waals surface area contributed by atoms with Gasteiger partial charge in [0.15, 0.2) is 0 Å². The molecule has 3 heterocycles. The van der Waals surface area contributed by atoms with Gasteiger partial charge in [-0.25, -0.2) is 9.97 Å². The van der Waals surface area contributed by atoms with Crippen LogP contribution in [0.3, 0.4) is 0 Å². The summed E-state index contributed by atoms with van der Waals surface area (Å²) >= 11 is 3.51. The maximum atomic E-state index is 4.77. The zero-order valence-corrected chi connectivity index (χ0v) is 15.1. The quantitative estimate of drug-likeness (QED) is 0.850. The third-order valence-corrected chi connectivity index (χ3v) is 5.08. The molecule has 2 aliphatic heterocycles. The van der Waals surface area contributed by atoms with Crippen molar-refractivity contribution in [2.75, 3.05) is 18.4 Å². The van der Waals surface area contributed by atoms with E-state index in [9.17, 15) is 0 Å². The van der Waals surface area contributed by atoms with E-state index in [4.69, 9.17) is 4.99 Å². The van der Waals surface area contributed by atoms with E-state index in [2.05, 4.69) is 42.2 Å². The van der Waals surface area contributed by atoms with Crippen LogP contribution in [0.15, 0.2) is 40.1 Å². The zero-order valence-electron chi connectivity index (χ0n) is 13.5. The van der Waals surface area contributed by atoms with Crippen molar-refractivity contribution in [2.24, 2.45) is 4.99 Å². The summed E-state index contributed by atoms with van der Waals surface area (Å²) in [7, 11) is 0. The van der Waals surface area contributed by atoms with Gasteiger partial charge in [0, 0.05) is 35.2 Å². The molecule has 0 saturated carbocycles. The number of nitrogens with zero attached hydrogens (tertiary/aromatic N) is 4. The van der Waals surface area contributed by atoms with Crippen LogP contribution in [0.2, 0.25) is 0 Å². The molecule has 2 aromatic rings. The van der Waals surface area contributed by atoms with Gasteiger partial charge in [-0.2, -0.15) is 0 Å². The van der Waals surface area contributed by atoms with Gasteiger partial charge in [-0.05, 0) is 37.5 Å². The number of anilines is 2. The van der Waals surface area contributed by atoms with E-state index >= 15 is 0 Å². The number of aromatic nitrogens is 2. The normalized spacial score (nSPS) is 17.2. The number of hydrogen-bond donors (Lipinski definition) is 1. The Balaban J connectivity index is 1.59. The average molecular weight is 386 g/mol. The molecule has 0 aliphatic carbocycles. The second-order valence-corrected chi connectivity index (χ2v) is 7.16. The molecule has 1 N–H and O–H groups in total. The molecule has 0 spiro atoms. The predicted octanol–water partition coefficient (Wildman–Crippen LogP) is 3.92. The molecule has 124 valence electrons. The number of fused-ring (bicyclic) bond motifs is 1. The first-order valence-electron chi connectivity index (χ1n) is 8.43. The van der Waals surface area contributed by atoms with Gasteiger partial charge in [0.1, 0.15) is 18.0 Å². The topological polar surface area (TPSA) is 53.4 Å². The van der Waals surface area contributed by atoms with Crippen molar-refractivity contribution in [3.05, 3.63) is 46.3 Å². The van der Waals surface area contributed by atoms with Crippen molar-refractivity contribution < 1.29 is 0 Å². The van der Waals surface area contributed by atoms with Crippen molar-refractivity contribution >= 4 is 33.3 Å². The number of rotatable bonds is 2. The minimum absolute atomic E-state index is 0.650. The van der Waals surface area contributed by atoms with Crippen LogP contribution in [0.5, 0.6) is 0 Å². The Bertz CT molecular complexity index is 768. The van der Waals surface area contributed by atoms with Crippen LogP contribution in [-0.4, -0.2) is 33.8 Å². The molecule has 6 heteroatoms. The molecule has 0 radical (unpaired) electrons. The maximum Gasteiger partial charge on any atom is 0.137 e. The van der Waals surface area contributed by atoms with Crippen LogP contribution >= 0.6 is 15.9 Å². The monoisotopic (exact) mass is 385 g/mol. The van der Waals surface area contributed by atoms with Crippen molar-refractivity contribution in [1.29, 1.82) is 0 Å². The van der Waals surface area contributed by atoms with E-state index in [1.54, 1.807) is 6.33 Å². The Morgan fingerprint density at radius 1 is 1.08 bits per heavy atom. The van der Waals surface area contributed by atoms with Crippen molar-refractivity contribution in [1.82, 2.24) is 14.9 Å². The molecule has 1 aromatic carbocycles. The number of amidine groups is 1. The molecule has 4 rings (SSSR count). The lowest BCUT2D eigenvalue weighted by atomic mass is 10.0. The van der Waals surface area contributed by atoms with E-state index in [-0.39, 0.29) is 0 Å². The van der Waals surface area contributed by atoms with Crippen molar-refractivity contribution in [3.63, 3.8) is 0 Å². The number of halogens is 1. The number of piperidine rings is 1. The fraction of sp³-hybridized carbons (Fsp3) is 0.389. The summed E-state index contributed by atoms with van der Waals surface area (Å²) in [5, 5.41) is 3.44. The smallest absolute Gasteiger partial charge is 0.137 e. The highest BCUT2D eigenvalue weighted by atomic mass is 79.9. The van der Waals surface area contributed by atoms with Crippen LogP contribution in [0.4, 0.5) is 11.5 Å². The molecule has 1 fully saturated rings. The molecule has 5 nitrogen and oxygen atoms in total. The third kappa shape index (κ3) is 3.29. The fourth-order valence-corrected chi connectivity index (χ4v) is 3.72. The minimum Gasteiger partial charge on any atom is -0.360 e. The molecular weight excluding hydrogens is 366 g/mol. The highest BCUT2D eigenvalue weighted by Gasteiger charge is 2.23. The van der Waals surface area contributed by atoms with Gasteiger partial charge in [-0.1, -0.05) is 22.0 Å². The fourth-order valence-electron chi connectivity index (χ4n) is 3.33. The first-order valence-corrected chi connectivity index (χ1v) is 9.22. The number of benzene rings is 1. The van der Waals surface area contributed by atoms with Gasteiger partial charge in [-0.3, -0.25) is 4.99 Å². The van der Waals surface area contributed by atoms with Crippen LogP contribution in [0, 0.1) is 0 Å². The third-order valence-electron chi connectivity index (χ3n) is 4.59. The lowest BCUT2D eigenvalue weighted by Gasteiger charge is -2.32. The standard InChI is InChI=1S/C18H20BrN5/c19-13-5-4-6-14(9-13)23-18-15-10-17(24-7-2-1-3-8-24)20-11-16(15)21-12-22-18/h4-6,9,12H,1-3,7-8,10-11H2,(H,21,22,23). The van der Waals surface area contributed by atoms with E-state index < -0.39 is 0 Å². The Morgan fingerprint density at radius 2 is 1.96 bits per heavy atom. The summed E-state index contributed by atoms with van der Waals surface area (Å²) in [4.78, 5) is 16.1. The van der Waals surface area contributed by atoms with Crippen LogP contribution in [0.25, 0.3) is 0 Å². The first kappa shape index (κ1) is 15.6. The molecular formula is C18H20BrN5. The highest BCUT2D eigenvalue weighted by molar-refractivity contribution is 9.10. The maximum absolute atomic E-state index is 4.77. The zero-order chi connectivity index (χ0) is 16.4. The highest BCUT2D eigenvalue weighted by Crippen LogP contribution is 2.27. The van der Waals surface area contributed by atoms with Gasteiger partial charge in [0.05, 0.1) is 12.2 Å². The summed E-state index contributed by atoms with van der Waals surface area (Å²) in [5.74, 6) is 2.08. The van der Waals surface area contributed by atoms with Crippen LogP contribution < -0.4 is 5.32 Å². The Kier molecular flexibility index (Phi) is 4.47. The SMILES string of the molecule is Brc1cccc(Nc2ncnc3c2CC(N2CCCCC2)=NC3)c1. The van der Waals surface area contributed by atoms with E-state index in [0.29, 0.717) is 6.54 Å². The minimum atomic E-state index is 0.650. The summed E-state index contributed by atoms with van der Waals surface area (Å²) in [6.07, 6.45) is 6.30. The van der Waals surface area contributed by atoms with Gasteiger partial charge in [-0.15, -0.1) is 0 Å². The number of likely N-dealkylation sites (tertiary alicyclic amines) is 1. The first-order chi connectivity index (χ1) is 11.8. The lowest BCUT2D eigenvalue weighted by molar-refractivity contribution is 0.336. The van der Waals surface area contributed by atoms with E-state index in [1.807, 2.05) is 18.2 Å². The predicted molar refractivity (Wildman–Crippen MR) is 99.7 cm³/mol. The van der Waals surface area contributed by atoms with Gasteiger partial charge in [0.2, 0.25) is 0 Å². The Morgan fingerprint density at radius 3 is 2.79 bits per heavy atom. The number of hydrogen-bond acceptors (Lipinski definition) is 5. The molecule has 0 unspecified atom stereocenters. The van der Waals surface area contributed by atoms with Crippen molar-refractivity contribution in [3.8, 4) is 0 Å². The molecule has 0 bridgehead atoms. The summed E-state index contributed by atoms with van der Waals surface area (Å²) in [6, 6.07) is 8.13. The largest absolute Gasteiger partial charge is 0.360 e. The van der Waals surface area contributed by atoms with E-state index in [1.165, 1.54) is 30.7 Å². The summed E-state index contributed by atoms with van der Waals surface area (Å²) in [5.41, 5.74) is 3.23. The second kappa shape index (κ2) is 6.89. The summed E-state index contributed by atoms with van der Waals surface area (Å²) < 4.78 is 1.05. The van der Waals surface area contributed by atoms with E-state index in [0.717, 1.165) is 41.2 Å². The van der Waals surface area contributed by atoms with Gasteiger partial charge >= 0.3 is 0 Å². The van der Waals surface area contributed by atoms with Gasteiger partial charge in [0.25, 0.3) is 0 Å². The Hall–Kier alpha value is -1.95. The molecule has 24 heavy (non-hydrogen) atoms. The molecule has 2 aliphatic rings. The molecule has 1 aromatic heterocycles. The average Bonchev–Trinajstić information content (AvgIpc) is 2.62. The summed E-state index contributed by atoms with van der Waals surface area (Å²) in [6.45, 7) is 2.89. The van der Waals surface area contributed by atoms with Crippen LogP contribution in [0.1, 0.15) is 30.5 Å². The number of aliphatic imine (C=N–C) groups is 1. The lowest BCUT2D eigenvalue weighted by Crippen LogP contribution is -2.38. The molecule has 1 saturated heterocycles. The van der Waals surface area contributed by atoms with Crippen molar-refractivity contribution in [2.45, 2.75) is 32.2 Å². The second-order valence-electron chi connectivity index (χ2n) is 6.24. The molecule has 0 amide bonds. The van der Waals surface area contributed by atoms with Crippen LogP contribution in [-0.2, 0) is 13.0 Å². The van der Waals surface area contributed by atoms with Gasteiger partial charge < -0.3 is 10.2 Å².